The SMILES string of the molecule is c1ccc(-c2cc(-c3cccnc3)cc(-c3cc(-c4cc(-c5ccccc5)cc(-c5ccc6sc7ccccc7c6c5)c4)nc(-c4ccccc4)n3)c2)cc1. The number of hydrogen-bond donors (Lipinski definition) is 0. The normalized spacial score (nSPS) is 11.3. The Hall–Kier alpha value is -7.01. The van der Waals surface area contributed by atoms with Crippen LogP contribution in [0.15, 0.2) is 200 Å². The van der Waals surface area contributed by atoms with Crippen molar-refractivity contribution in [2.24, 2.45) is 0 Å². The number of thiophene rings is 1. The van der Waals surface area contributed by atoms with Gasteiger partial charge in [-0.15, -0.1) is 11.3 Å². The van der Waals surface area contributed by atoms with Gasteiger partial charge in [0, 0.05) is 54.8 Å². The summed E-state index contributed by atoms with van der Waals surface area (Å²) in [5.41, 5.74) is 13.7. The van der Waals surface area contributed by atoms with Gasteiger partial charge in [0.25, 0.3) is 0 Å². The smallest absolute Gasteiger partial charge is 0.160 e. The van der Waals surface area contributed by atoms with E-state index in [9.17, 15) is 0 Å². The molecule has 0 aliphatic carbocycles. The third-order valence-corrected chi connectivity index (χ3v) is 11.3. The number of fused-ring (bicyclic) bond motifs is 3. The summed E-state index contributed by atoms with van der Waals surface area (Å²) in [4.78, 5) is 15.0. The van der Waals surface area contributed by atoms with Gasteiger partial charge >= 0.3 is 0 Å². The summed E-state index contributed by atoms with van der Waals surface area (Å²) < 4.78 is 2.60. The van der Waals surface area contributed by atoms with Gasteiger partial charge in [-0.25, -0.2) is 9.97 Å². The number of benzene rings is 7. The lowest BCUT2D eigenvalue weighted by Gasteiger charge is -2.15. The van der Waals surface area contributed by atoms with E-state index >= 15 is 0 Å². The van der Waals surface area contributed by atoms with Gasteiger partial charge in [0.1, 0.15) is 0 Å². The molecule has 0 aliphatic rings. The van der Waals surface area contributed by atoms with Gasteiger partial charge in [0.2, 0.25) is 0 Å². The van der Waals surface area contributed by atoms with Crippen LogP contribution in [0, 0.1) is 0 Å². The second-order valence-electron chi connectivity index (χ2n) is 13.7. The summed E-state index contributed by atoms with van der Waals surface area (Å²) >= 11 is 1.84. The van der Waals surface area contributed by atoms with Crippen LogP contribution in [0.2, 0.25) is 0 Å². The molecular formula is C51H33N3S. The molecule has 0 aliphatic heterocycles. The molecule has 258 valence electrons. The summed E-state index contributed by atoms with van der Waals surface area (Å²) in [5, 5.41) is 2.57. The Morgan fingerprint density at radius 2 is 0.800 bits per heavy atom. The summed E-state index contributed by atoms with van der Waals surface area (Å²) in [5.74, 6) is 0.680. The highest BCUT2D eigenvalue weighted by Gasteiger charge is 2.16. The predicted octanol–water partition coefficient (Wildman–Crippen LogP) is 13.9. The molecule has 0 saturated carbocycles. The monoisotopic (exact) mass is 719 g/mol. The van der Waals surface area contributed by atoms with Crippen molar-refractivity contribution in [1.29, 1.82) is 0 Å². The van der Waals surface area contributed by atoms with Crippen LogP contribution >= 0.6 is 11.3 Å². The van der Waals surface area contributed by atoms with Crippen LogP contribution in [0.5, 0.6) is 0 Å². The largest absolute Gasteiger partial charge is 0.264 e. The van der Waals surface area contributed by atoms with Crippen molar-refractivity contribution in [3.63, 3.8) is 0 Å². The van der Waals surface area contributed by atoms with Crippen molar-refractivity contribution >= 4 is 31.5 Å². The molecular weight excluding hydrogens is 687 g/mol. The number of hydrogen-bond acceptors (Lipinski definition) is 4. The third kappa shape index (κ3) is 6.50. The van der Waals surface area contributed by atoms with Crippen molar-refractivity contribution in [2.75, 3.05) is 0 Å². The van der Waals surface area contributed by atoms with Crippen LogP contribution in [0.3, 0.4) is 0 Å². The molecule has 0 fully saturated rings. The minimum atomic E-state index is 0.680. The Kier molecular flexibility index (Phi) is 8.36. The second kappa shape index (κ2) is 14.1. The Morgan fingerprint density at radius 3 is 1.40 bits per heavy atom. The van der Waals surface area contributed by atoms with Crippen LogP contribution < -0.4 is 0 Å². The number of aromatic nitrogens is 3. The molecule has 0 amide bonds. The maximum Gasteiger partial charge on any atom is 0.160 e. The lowest BCUT2D eigenvalue weighted by molar-refractivity contribution is 1.18. The van der Waals surface area contributed by atoms with Gasteiger partial charge in [-0.1, -0.05) is 121 Å². The molecule has 0 saturated heterocycles. The molecule has 0 bridgehead atoms. The lowest BCUT2D eigenvalue weighted by atomic mass is 9.93. The van der Waals surface area contributed by atoms with E-state index in [0.717, 1.165) is 67.0 Å². The zero-order valence-electron chi connectivity index (χ0n) is 29.8. The minimum absolute atomic E-state index is 0.680. The second-order valence-corrected chi connectivity index (χ2v) is 14.8. The van der Waals surface area contributed by atoms with Gasteiger partial charge in [0.05, 0.1) is 11.4 Å². The average Bonchev–Trinajstić information content (AvgIpc) is 3.65. The van der Waals surface area contributed by atoms with Crippen LogP contribution in [0.1, 0.15) is 0 Å². The van der Waals surface area contributed by atoms with Gasteiger partial charge in [0.15, 0.2) is 5.82 Å². The van der Waals surface area contributed by atoms with Gasteiger partial charge < -0.3 is 0 Å². The van der Waals surface area contributed by atoms with E-state index in [4.69, 9.17) is 9.97 Å². The summed E-state index contributed by atoms with van der Waals surface area (Å²) in [7, 11) is 0. The highest BCUT2D eigenvalue weighted by Crippen LogP contribution is 2.40. The summed E-state index contributed by atoms with van der Waals surface area (Å²) in [6, 6.07) is 66.7. The van der Waals surface area contributed by atoms with E-state index in [1.165, 1.54) is 25.7 Å². The molecule has 0 unspecified atom stereocenters. The fourth-order valence-corrected chi connectivity index (χ4v) is 8.46. The molecule has 0 radical (unpaired) electrons. The minimum Gasteiger partial charge on any atom is -0.264 e. The van der Waals surface area contributed by atoms with Crippen molar-refractivity contribution in [1.82, 2.24) is 15.0 Å². The Morgan fingerprint density at radius 1 is 0.309 bits per heavy atom. The molecule has 3 heterocycles. The van der Waals surface area contributed by atoms with E-state index in [1.807, 2.05) is 48.0 Å². The Bertz CT molecular complexity index is 2900. The quantitative estimate of drug-likeness (QED) is 0.165. The van der Waals surface area contributed by atoms with E-state index < -0.39 is 0 Å². The molecule has 7 aromatic carbocycles. The molecule has 0 atom stereocenters. The fourth-order valence-electron chi connectivity index (χ4n) is 7.38. The molecule has 0 spiro atoms. The summed E-state index contributed by atoms with van der Waals surface area (Å²) in [6.45, 7) is 0. The third-order valence-electron chi connectivity index (χ3n) is 10.1. The maximum absolute atomic E-state index is 5.29. The zero-order chi connectivity index (χ0) is 36.6. The Balaban J connectivity index is 1.19. The predicted molar refractivity (Wildman–Crippen MR) is 231 cm³/mol. The van der Waals surface area contributed by atoms with Crippen molar-refractivity contribution in [3.8, 4) is 78.4 Å². The molecule has 55 heavy (non-hydrogen) atoms. The first-order chi connectivity index (χ1) is 27.2. The first-order valence-electron chi connectivity index (χ1n) is 18.4. The van der Waals surface area contributed by atoms with Gasteiger partial charge in [-0.3, -0.25) is 4.98 Å². The summed E-state index contributed by atoms with van der Waals surface area (Å²) in [6.07, 6.45) is 3.73. The first kappa shape index (κ1) is 32.6. The number of nitrogens with zero attached hydrogens (tertiary/aromatic N) is 3. The van der Waals surface area contributed by atoms with E-state index in [2.05, 4.69) is 169 Å². The standard InChI is InChI=1S/C51H33N3S/c1-4-13-34(14-5-1)39-25-41(37-22-23-50-46(31-37)45-20-10-11-21-49(45)55-50)29-43(27-39)47-32-48(54-51(53-47)36-17-8-3-9-18-36)44-28-40(35-15-6-2-7-16-35)26-42(30-44)38-19-12-24-52-33-38/h1-33H. The highest BCUT2D eigenvalue weighted by molar-refractivity contribution is 7.25. The lowest BCUT2D eigenvalue weighted by Crippen LogP contribution is -1.97. The molecule has 3 aromatic heterocycles. The molecule has 3 nitrogen and oxygen atoms in total. The maximum atomic E-state index is 5.29. The average molecular weight is 720 g/mol. The van der Waals surface area contributed by atoms with Crippen LogP contribution in [-0.2, 0) is 0 Å². The fraction of sp³-hybridized carbons (Fsp3) is 0. The number of rotatable bonds is 7. The van der Waals surface area contributed by atoms with Crippen LogP contribution in [0.4, 0.5) is 0 Å². The van der Waals surface area contributed by atoms with Crippen LogP contribution in [-0.4, -0.2) is 15.0 Å². The zero-order valence-corrected chi connectivity index (χ0v) is 30.6. The highest BCUT2D eigenvalue weighted by atomic mass is 32.1. The van der Waals surface area contributed by atoms with Gasteiger partial charge in [-0.05, 0) is 106 Å². The van der Waals surface area contributed by atoms with E-state index in [-0.39, 0.29) is 0 Å². The van der Waals surface area contributed by atoms with Crippen molar-refractivity contribution in [3.05, 3.63) is 200 Å². The molecule has 4 heteroatoms. The van der Waals surface area contributed by atoms with Gasteiger partial charge in [-0.2, -0.15) is 0 Å². The van der Waals surface area contributed by atoms with E-state index in [1.54, 1.807) is 0 Å². The van der Waals surface area contributed by atoms with E-state index in [0.29, 0.717) is 5.82 Å². The molecule has 10 aromatic rings. The molecule has 0 N–H and O–H groups in total. The Labute approximate surface area is 323 Å². The van der Waals surface area contributed by atoms with Crippen molar-refractivity contribution < 1.29 is 0 Å². The number of pyridine rings is 1. The molecule has 10 rings (SSSR count). The van der Waals surface area contributed by atoms with Crippen molar-refractivity contribution in [2.45, 2.75) is 0 Å². The first-order valence-corrected chi connectivity index (χ1v) is 19.2. The topological polar surface area (TPSA) is 38.7 Å². The van der Waals surface area contributed by atoms with Crippen LogP contribution in [0.25, 0.3) is 98.6 Å².